The maximum Gasteiger partial charge on any atom is 0.180 e. The van der Waals surface area contributed by atoms with Gasteiger partial charge in [0, 0.05) is 14.1 Å². The topological polar surface area (TPSA) is 74.1 Å². The third-order valence-electron chi connectivity index (χ3n) is 2.12. The molecule has 1 rings (SSSR count). The zero-order chi connectivity index (χ0) is 12.3. The van der Waals surface area contributed by atoms with Gasteiger partial charge in [0.1, 0.15) is 16.8 Å². The fourth-order valence-electron chi connectivity index (χ4n) is 1.17. The highest BCUT2D eigenvalue weighted by atomic mass is 32.2. The van der Waals surface area contributed by atoms with Gasteiger partial charge in [-0.15, -0.1) is 0 Å². The zero-order valence-electron chi connectivity index (χ0n) is 9.43. The van der Waals surface area contributed by atoms with Gasteiger partial charge in [-0.25, -0.2) is 13.4 Å². The van der Waals surface area contributed by atoms with Crippen LogP contribution >= 0.6 is 0 Å². The number of nitrogens with zero attached hydrogens (tertiary/aromatic N) is 3. The molecule has 0 spiro atoms. The number of rotatable bonds is 3. The van der Waals surface area contributed by atoms with Crippen molar-refractivity contribution >= 4 is 15.7 Å². The minimum atomic E-state index is -3.39. The summed E-state index contributed by atoms with van der Waals surface area (Å²) in [6.07, 6.45) is 0. The number of nitriles is 1. The fraction of sp³-hybridized carbons (Fsp3) is 0.400. The minimum absolute atomic E-state index is 0.00287. The predicted molar refractivity (Wildman–Crippen MR) is 61.0 cm³/mol. The maximum absolute atomic E-state index is 11.7. The average Bonchev–Trinajstić information content (AvgIpc) is 2.28. The molecule has 6 heteroatoms. The van der Waals surface area contributed by atoms with E-state index in [0.29, 0.717) is 5.82 Å². The number of aromatic nitrogens is 1. The summed E-state index contributed by atoms with van der Waals surface area (Å²) in [5, 5.41) is 8.89. The lowest BCUT2D eigenvalue weighted by atomic mass is 10.3. The van der Waals surface area contributed by atoms with Gasteiger partial charge in [-0.1, -0.05) is 6.92 Å². The van der Waals surface area contributed by atoms with E-state index in [2.05, 4.69) is 4.98 Å². The highest BCUT2D eigenvalue weighted by Crippen LogP contribution is 2.18. The number of pyridine rings is 1. The monoisotopic (exact) mass is 239 g/mol. The van der Waals surface area contributed by atoms with Crippen LogP contribution in [0.4, 0.5) is 5.82 Å². The van der Waals surface area contributed by atoms with Crippen LogP contribution in [0.2, 0.25) is 0 Å². The first-order valence-electron chi connectivity index (χ1n) is 4.73. The molecule has 16 heavy (non-hydrogen) atoms. The van der Waals surface area contributed by atoms with Crippen molar-refractivity contribution in [3.05, 3.63) is 17.8 Å². The molecule has 0 radical (unpaired) electrons. The molecular formula is C10H13N3O2S. The van der Waals surface area contributed by atoms with Crippen molar-refractivity contribution in [3.8, 4) is 6.07 Å². The Hall–Kier alpha value is -1.61. The van der Waals surface area contributed by atoms with Gasteiger partial charge in [-0.3, -0.25) is 0 Å². The van der Waals surface area contributed by atoms with Crippen molar-refractivity contribution < 1.29 is 8.42 Å². The lowest BCUT2D eigenvalue weighted by molar-refractivity contribution is 0.596. The molecular weight excluding hydrogens is 226 g/mol. The molecule has 0 bridgehead atoms. The Bertz CT molecular complexity index is 529. The van der Waals surface area contributed by atoms with Crippen LogP contribution in [0.5, 0.6) is 0 Å². The molecule has 0 atom stereocenters. The molecule has 0 fully saturated rings. The van der Waals surface area contributed by atoms with Crippen molar-refractivity contribution in [2.75, 3.05) is 24.7 Å². The second kappa shape index (κ2) is 4.49. The van der Waals surface area contributed by atoms with Gasteiger partial charge in [0.05, 0.1) is 5.75 Å². The Morgan fingerprint density at radius 1 is 1.44 bits per heavy atom. The summed E-state index contributed by atoms with van der Waals surface area (Å²) < 4.78 is 23.3. The zero-order valence-corrected chi connectivity index (χ0v) is 10.2. The van der Waals surface area contributed by atoms with Gasteiger partial charge in [0.25, 0.3) is 0 Å². The first kappa shape index (κ1) is 12.5. The van der Waals surface area contributed by atoms with Crippen LogP contribution in [0.25, 0.3) is 0 Å². The minimum Gasteiger partial charge on any atom is -0.363 e. The van der Waals surface area contributed by atoms with E-state index in [1.54, 1.807) is 25.1 Å². The lowest BCUT2D eigenvalue weighted by Gasteiger charge is -2.12. The van der Waals surface area contributed by atoms with Gasteiger partial charge in [-0.05, 0) is 12.1 Å². The molecule has 0 aliphatic heterocycles. The van der Waals surface area contributed by atoms with Crippen molar-refractivity contribution in [2.24, 2.45) is 0 Å². The van der Waals surface area contributed by atoms with Crippen LogP contribution in [-0.4, -0.2) is 33.2 Å². The molecule has 0 aromatic carbocycles. The first-order valence-corrected chi connectivity index (χ1v) is 6.39. The average molecular weight is 239 g/mol. The second-order valence-corrected chi connectivity index (χ2v) is 5.67. The molecule has 0 unspecified atom stereocenters. The first-order chi connectivity index (χ1) is 7.42. The standard InChI is InChI=1S/C10H13N3O2S/c1-4-16(14,15)9-5-6-10(13(2)3)12-8(9)7-11/h5-6H,4H2,1-3H3. The Kier molecular flexibility index (Phi) is 3.50. The van der Waals surface area contributed by atoms with E-state index in [1.807, 2.05) is 6.07 Å². The quantitative estimate of drug-likeness (QED) is 0.780. The largest absolute Gasteiger partial charge is 0.363 e. The number of sulfone groups is 1. The van der Waals surface area contributed by atoms with Crippen LogP contribution in [0.15, 0.2) is 17.0 Å². The summed E-state index contributed by atoms with van der Waals surface area (Å²) in [7, 11) is 0.164. The molecule has 1 aromatic heterocycles. The summed E-state index contributed by atoms with van der Waals surface area (Å²) in [6.45, 7) is 1.54. The number of hydrogen-bond donors (Lipinski definition) is 0. The van der Waals surface area contributed by atoms with Crippen LogP contribution in [-0.2, 0) is 9.84 Å². The van der Waals surface area contributed by atoms with Gasteiger partial charge in [0.15, 0.2) is 15.5 Å². The smallest absolute Gasteiger partial charge is 0.180 e. The van der Waals surface area contributed by atoms with Crippen LogP contribution in [0.1, 0.15) is 12.6 Å². The van der Waals surface area contributed by atoms with Crippen molar-refractivity contribution in [1.29, 1.82) is 5.26 Å². The van der Waals surface area contributed by atoms with Crippen LogP contribution in [0.3, 0.4) is 0 Å². The molecule has 0 N–H and O–H groups in total. The van der Waals surface area contributed by atoms with E-state index in [9.17, 15) is 8.42 Å². The Morgan fingerprint density at radius 2 is 2.06 bits per heavy atom. The fourth-order valence-corrected chi connectivity index (χ4v) is 2.14. The Morgan fingerprint density at radius 3 is 2.50 bits per heavy atom. The van der Waals surface area contributed by atoms with Crippen LogP contribution in [0, 0.1) is 11.3 Å². The van der Waals surface area contributed by atoms with E-state index in [1.165, 1.54) is 13.0 Å². The summed E-state index contributed by atoms with van der Waals surface area (Å²) in [5.74, 6) is 0.525. The summed E-state index contributed by atoms with van der Waals surface area (Å²) in [4.78, 5) is 5.70. The summed E-state index contributed by atoms with van der Waals surface area (Å²) in [6, 6.07) is 4.83. The number of anilines is 1. The summed E-state index contributed by atoms with van der Waals surface area (Å²) >= 11 is 0. The Labute approximate surface area is 95.3 Å². The number of hydrogen-bond acceptors (Lipinski definition) is 5. The highest BCUT2D eigenvalue weighted by Gasteiger charge is 2.18. The molecule has 86 valence electrons. The lowest BCUT2D eigenvalue weighted by Crippen LogP contribution is -2.13. The van der Waals surface area contributed by atoms with E-state index in [4.69, 9.17) is 5.26 Å². The summed E-state index contributed by atoms with van der Waals surface area (Å²) in [5.41, 5.74) is -0.0481. The molecule has 0 aliphatic carbocycles. The van der Waals surface area contributed by atoms with Gasteiger partial charge < -0.3 is 4.90 Å². The maximum atomic E-state index is 11.7. The molecule has 1 aromatic rings. The predicted octanol–water partition coefficient (Wildman–Crippen LogP) is 0.813. The molecule has 1 heterocycles. The normalized spacial score (nSPS) is 10.9. The molecule has 5 nitrogen and oxygen atoms in total. The van der Waals surface area contributed by atoms with E-state index in [-0.39, 0.29) is 16.3 Å². The van der Waals surface area contributed by atoms with E-state index < -0.39 is 9.84 Å². The van der Waals surface area contributed by atoms with E-state index >= 15 is 0 Å². The Balaban J connectivity index is 3.41. The van der Waals surface area contributed by atoms with Gasteiger partial charge >= 0.3 is 0 Å². The third-order valence-corrected chi connectivity index (χ3v) is 3.88. The second-order valence-electron chi connectivity index (χ2n) is 3.43. The van der Waals surface area contributed by atoms with Crippen LogP contribution < -0.4 is 4.90 Å². The van der Waals surface area contributed by atoms with Gasteiger partial charge in [0.2, 0.25) is 0 Å². The van der Waals surface area contributed by atoms with Crippen molar-refractivity contribution in [2.45, 2.75) is 11.8 Å². The van der Waals surface area contributed by atoms with Crippen molar-refractivity contribution in [3.63, 3.8) is 0 Å². The highest BCUT2D eigenvalue weighted by molar-refractivity contribution is 7.91. The SMILES string of the molecule is CCS(=O)(=O)c1ccc(N(C)C)nc1C#N. The van der Waals surface area contributed by atoms with E-state index in [0.717, 1.165) is 0 Å². The molecule has 0 saturated carbocycles. The van der Waals surface area contributed by atoms with Crippen molar-refractivity contribution in [1.82, 2.24) is 4.98 Å². The third kappa shape index (κ3) is 2.31. The molecule has 0 amide bonds. The molecule has 0 aliphatic rings. The van der Waals surface area contributed by atoms with Gasteiger partial charge in [-0.2, -0.15) is 5.26 Å². The molecule has 0 saturated heterocycles.